The molecular formula is C19H22N2O2. The van der Waals surface area contributed by atoms with Crippen LogP contribution in [0.25, 0.3) is 0 Å². The first-order valence-electron chi connectivity index (χ1n) is 7.87. The van der Waals surface area contributed by atoms with E-state index in [0.717, 1.165) is 28.3 Å². The van der Waals surface area contributed by atoms with Crippen LogP contribution in [0.1, 0.15) is 23.6 Å². The Hall–Kier alpha value is -2.49. The molecule has 0 aliphatic carbocycles. The number of urea groups is 1. The number of benzene rings is 2. The highest BCUT2D eigenvalue weighted by Gasteiger charge is 2.28. The Morgan fingerprint density at radius 2 is 1.83 bits per heavy atom. The van der Waals surface area contributed by atoms with Gasteiger partial charge in [-0.1, -0.05) is 23.8 Å². The number of amides is 2. The highest BCUT2D eigenvalue weighted by atomic mass is 16.5. The molecule has 0 bridgehead atoms. The van der Waals surface area contributed by atoms with Gasteiger partial charge in [0.2, 0.25) is 0 Å². The Labute approximate surface area is 137 Å². The van der Waals surface area contributed by atoms with Gasteiger partial charge in [0.1, 0.15) is 11.9 Å². The van der Waals surface area contributed by atoms with E-state index < -0.39 is 0 Å². The molecule has 0 spiro atoms. The summed E-state index contributed by atoms with van der Waals surface area (Å²) in [6, 6.07) is 11.8. The van der Waals surface area contributed by atoms with Crippen molar-refractivity contribution in [1.82, 2.24) is 0 Å². The van der Waals surface area contributed by atoms with Gasteiger partial charge in [0.05, 0.1) is 12.2 Å². The molecule has 0 unspecified atom stereocenters. The van der Waals surface area contributed by atoms with E-state index in [1.165, 1.54) is 5.56 Å². The molecule has 120 valence electrons. The highest BCUT2D eigenvalue weighted by Crippen LogP contribution is 2.34. The van der Waals surface area contributed by atoms with Crippen LogP contribution >= 0.6 is 0 Å². The lowest BCUT2D eigenvalue weighted by atomic mass is 10.1. The molecule has 1 heterocycles. The lowest BCUT2D eigenvalue weighted by molar-refractivity contribution is 0.208. The smallest absolute Gasteiger partial charge is 0.326 e. The number of nitrogens with one attached hydrogen (secondary N) is 1. The summed E-state index contributed by atoms with van der Waals surface area (Å²) in [5, 5.41) is 3.02. The molecular weight excluding hydrogens is 288 g/mol. The second-order valence-corrected chi connectivity index (χ2v) is 6.26. The summed E-state index contributed by atoms with van der Waals surface area (Å²) in [4.78, 5) is 14.5. The van der Waals surface area contributed by atoms with Crippen LogP contribution in [-0.2, 0) is 0 Å². The minimum atomic E-state index is -0.126. The van der Waals surface area contributed by atoms with Crippen molar-refractivity contribution in [2.45, 2.75) is 33.8 Å². The quantitative estimate of drug-likeness (QED) is 0.846. The van der Waals surface area contributed by atoms with E-state index in [1.54, 1.807) is 4.90 Å². The predicted octanol–water partition coefficient (Wildman–Crippen LogP) is 4.43. The number of nitrogens with zero attached hydrogens (tertiary/aromatic N) is 1. The van der Waals surface area contributed by atoms with Gasteiger partial charge in [-0.2, -0.15) is 0 Å². The number of hydrogen-bond acceptors (Lipinski definition) is 2. The minimum absolute atomic E-state index is 0.0323. The van der Waals surface area contributed by atoms with Gasteiger partial charge in [0.15, 0.2) is 0 Å². The lowest BCUT2D eigenvalue weighted by Crippen LogP contribution is -2.44. The summed E-state index contributed by atoms with van der Waals surface area (Å²) < 4.78 is 5.84. The van der Waals surface area contributed by atoms with E-state index in [-0.39, 0.29) is 12.1 Å². The van der Waals surface area contributed by atoms with Crippen molar-refractivity contribution in [3.05, 3.63) is 53.1 Å². The van der Waals surface area contributed by atoms with Gasteiger partial charge in [-0.3, -0.25) is 4.90 Å². The molecule has 2 amide bonds. The van der Waals surface area contributed by atoms with Gasteiger partial charge < -0.3 is 10.1 Å². The van der Waals surface area contributed by atoms with Crippen LogP contribution in [0.3, 0.4) is 0 Å². The highest BCUT2D eigenvalue weighted by molar-refractivity contribution is 6.03. The fraction of sp³-hybridized carbons (Fsp3) is 0.316. The minimum Gasteiger partial charge on any atom is -0.487 e. The average molecular weight is 310 g/mol. The van der Waals surface area contributed by atoms with Gasteiger partial charge in [-0.15, -0.1) is 0 Å². The molecule has 2 aromatic carbocycles. The molecule has 0 aromatic heterocycles. The monoisotopic (exact) mass is 310 g/mol. The molecule has 0 radical (unpaired) electrons. The summed E-state index contributed by atoms with van der Waals surface area (Å²) in [5.41, 5.74) is 5.01. The Morgan fingerprint density at radius 1 is 1.13 bits per heavy atom. The Kier molecular flexibility index (Phi) is 3.99. The molecule has 4 nitrogen and oxygen atoms in total. The maximum atomic E-state index is 12.8. The standard InChI is InChI=1S/C19H22N2O2/c1-12-5-7-16(14(3)9-12)20-19(22)21-11-15(4)23-18-8-6-13(2)10-17(18)21/h5-10,15H,11H2,1-4H3,(H,20,22)/t15-/m0/s1. The predicted molar refractivity (Wildman–Crippen MR) is 93.5 cm³/mol. The van der Waals surface area contributed by atoms with Crippen LogP contribution in [0.5, 0.6) is 5.75 Å². The van der Waals surface area contributed by atoms with Crippen molar-refractivity contribution in [2.24, 2.45) is 0 Å². The second kappa shape index (κ2) is 5.95. The third kappa shape index (κ3) is 3.16. The van der Waals surface area contributed by atoms with E-state index in [1.807, 2.05) is 58.0 Å². The number of hydrogen-bond donors (Lipinski definition) is 1. The number of aryl methyl sites for hydroxylation is 3. The Balaban J connectivity index is 1.89. The van der Waals surface area contributed by atoms with E-state index in [0.29, 0.717) is 6.54 Å². The molecule has 2 aromatic rings. The van der Waals surface area contributed by atoms with Crippen molar-refractivity contribution < 1.29 is 9.53 Å². The molecule has 0 saturated carbocycles. The molecule has 0 saturated heterocycles. The summed E-state index contributed by atoms with van der Waals surface area (Å²) >= 11 is 0. The first-order chi connectivity index (χ1) is 10.9. The maximum Gasteiger partial charge on any atom is 0.326 e. The normalized spacial score (nSPS) is 16.5. The number of rotatable bonds is 1. The average Bonchev–Trinajstić information content (AvgIpc) is 2.49. The molecule has 1 atom stereocenters. The van der Waals surface area contributed by atoms with Gasteiger partial charge in [0.25, 0.3) is 0 Å². The second-order valence-electron chi connectivity index (χ2n) is 6.26. The molecule has 1 aliphatic rings. The SMILES string of the molecule is Cc1ccc(NC(=O)N2C[C@H](C)Oc3ccc(C)cc32)c(C)c1. The summed E-state index contributed by atoms with van der Waals surface area (Å²) in [7, 11) is 0. The Bertz CT molecular complexity index is 755. The first-order valence-corrected chi connectivity index (χ1v) is 7.87. The van der Waals surface area contributed by atoms with Crippen molar-refractivity contribution in [1.29, 1.82) is 0 Å². The zero-order valence-corrected chi connectivity index (χ0v) is 14.0. The fourth-order valence-electron chi connectivity index (χ4n) is 2.88. The van der Waals surface area contributed by atoms with Crippen molar-refractivity contribution in [3.63, 3.8) is 0 Å². The van der Waals surface area contributed by atoms with Gasteiger partial charge in [-0.05, 0) is 57.0 Å². The molecule has 4 heteroatoms. The summed E-state index contributed by atoms with van der Waals surface area (Å²) in [6.45, 7) is 8.57. The van der Waals surface area contributed by atoms with Crippen LogP contribution in [0.2, 0.25) is 0 Å². The lowest BCUT2D eigenvalue weighted by Gasteiger charge is -2.33. The zero-order chi connectivity index (χ0) is 16.6. The number of carbonyl (C=O) groups excluding carboxylic acids is 1. The fourth-order valence-corrected chi connectivity index (χ4v) is 2.88. The summed E-state index contributed by atoms with van der Waals surface area (Å²) in [6.07, 6.45) is -0.0323. The molecule has 0 fully saturated rings. The maximum absolute atomic E-state index is 12.8. The van der Waals surface area contributed by atoms with Gasteiger partial charge in [-0.25, -0.2) is 4.79 Å². The number of ether oxygens (including phenoxy) is 1. The van der Waals surface area contributed by atoms with E-state index >= 15 is 0 Å². The van der Waals surface area contributed by atoms with Crippen LogP contribution in [0.15, 0.2) is 36.4 Å². The first kappa shape index (κ1) is 15.4. The molecule has 23 heavy (non-hydrogen) atoms. The van der Waals surface area contributed by atoms with E-state index in [2.05, 4.69) is 11.4 Å². The zero-order valence-electron chi connectivity index (χ0n) is 14.0. The van der Waals surface area contributed by atoms with E-state index in [4.69, 9.17) is 4.74 Å². The largest absolute Gasteiger partial charge is 0.487 e. The Morgan fingerprint density at radius 3 is 2.57 bits per heavy atom. The van der Waals surface area contributed by atoms with Crippen LogP contribution in [0, 0.1) is 20.8 Å². The van der Waals surface area contributed by atoms with Gasteiger partial charge in [0, 0.05) is 5.69 Å². The van der Waals surface area contributed by atoms with Crippen LogP contribution in [-0.4, -0.2) is 18.7 Å². The third-order valence-corrected chi connectivity index (χ3v) is 4.04. The van der Waals surface area contributed by atoms with Crippen molar-refractivity contribution >= 4 is 17.4 Å². The van der Waals surface area contributed by atoms with Crippen LogP contribution in [0.4, 0.5) is 16.2 Å². The van der Waals surface area contributed by atoms with Crippen LogP contribution < -0.4 is 15.0 Å². The number of carbonyl (C=O) groups is 1. The molecule has 1 N–H and O–H groups in total. The third-order valence-electron chi connectivity index (χ3n) is 4.04. The topological polar surface area (TPSA) is 41.6 Å². The molecule has 3 rings (SSSR count). The molecule has 1 aliphatic heterocycles. The summed E-state index contributed by atoms with van der Waals surface area (Å²) in [5.74, 6) is 0.755. The van der Waals surface area contributed by atoms with Crippen molar-refractivity contribution in [3.8, 4) is 5.75 Å². The van der Waals surface area contributed by atoms with E-state index in [9.17, 15) is 4.79 Å². The van der Waals surface area contributed by atoms with Gasteiger partial charge >= 0.3 is 6.03 Å². The van der Waals surface area contributed by atoms with Crippen molar-refractivity contribution in [2.75, 3.05) is 16.8 Å². The number of fused-ring (bicyclic) bond motifs is 1. The number of anilines is 2.